The van der Waals surface area contributed by atoms with Gasteiger partial charge in [-0.05, 0) is 26.2 Å². The van der Waals surface area contributed by atoms with Crippen LogP contribution in [-0.2, 0) is 22.5 Å². The van der Waals surface area contributed by atoms with E-state index in [0.29, 0.717) is 13.2 Å². The van der Waals surface area contributed by atoms with Crippen molar-refractivity contribution in [2.45, 2.75) is 38.6 Å². The van der Waals surface area contributed by atoms with E-state index in [9.17, 15) is 4.79 Å². The maximum Gasteiger partial charge on any atom is 0.315 e. The first-order chi connectivity index (χ1) is 10.3. The number of nitrogens with one attached hydrogen (secondary N) is 2. The second-order valence-electron chi connectivity index (χ2n) is 4.98. The molecule has 21 heavy (non-hydrogen) atoms. The van der Waals surface area contributed by atoms with Gasteiger partial charge in [0.05, 0.1) is 18.5 Å². The minimum Gasteiger partial charge on any atom is -0.465 e. The van der Waals surface area contributed by atoms with Crippen molar-refractivity contribution in [1.29, 1.82) is 0 Å². The molecule has 6 nitrogen and oxygen atoms in total. The molecular formula is C14H18N4O2S. The van der Waals surface area contributed by atoms with Crippen LogP contribution >= 0.6 is 11.3 Å². The molecule has 1 aliphatic carbocycles. The highest BCUT2D eigenvalue weighted by Gasteiger charge is 2.31. The van der Waals surface area contributed by atoms with Crippen LogP contribution < -0.4 is 5.32 Å². The fraction of sp³-hybridized carbons (Fsp3) is 0.500. The first-order valence-electron chi connectivity index (χ1n) is 7.15. The Balaban J connectivity index is 1.73. The lowest BCUT2D eigenvalue weighted by atomic mass is 9.91. The van der Waals surface area contributed by atoms with Crippen LogP contribution in [0.3, 0.4) is 0 Å². The SMILES string of the molecule is CCOC(=O)C1CCCc2sc(NCc3cn[nH]c3)nc21. The maximum absolute atomic E-state index is 12.0. The number of nitrogens with zero attached hydrogens (tertiary/aromatic N) is 2. The summed E-state index contributed by atoms with van der Waals surface area (Å²) in [7, 11) is 0. The Morgan fingerprint density at radius 3 is 3.29 bits per heavy atom. The van der Waals surface area contributed by atoms with E-state index in [4.69, 9.17) is 4.74 Å². The third-order valence-corrected chi connectivity index (χ3v) is 4.61. The normalized spacial score (nSPS) is 17.3. The van der Waals surface area contributed by atoms with Gasteiger partial charge in [0.15, 0.2) is 5.13 Å². The van der Waals surface area contributed by atoms with Crippen molar-refractivity contribution in [2.75, 3.05) is 11.9 Å². The summed E-state index contributed by atoms with van der Waals surface area (Å²) in [5, 5.41) is 10.8. The van der Waals surface area contributed by atoms with Crippen molar-refractivity contribution in [1.82, 2.24) is 15.2 Å². The van der Waals surface area contributed by atoms with Gasteiger partial charge in [-0.1, -0.05) is 0 Å². The number of rotatable bonds is 5. The molecule has 1 aliphatic rings. The van der Waals surface area contributed by atoms with Crippen molar-refractivity contribution < 1.29 is 9.53 Å². The molecule has 0 saturated carbocycles. The van der Waals surface area contributed by atoms with Gasteiger partial charge in [-0.3, -0.25) is 9.89 Å². The first kappa shape index (κ1) is 14.1. The number of fused-ring (bicyclic) bond motifs is 1. The Bertz CT molecular complexity index is 609. The van der Waals surface area contributed by atoms with Gasteiger partial charge >= 0.3 is 5.97 Å². The summed E-state index contributed by atoms with van der Waals surface area (Å²) >= 11 is 1.64. The lowest BCUT2D eigenvalue weighted by molar-refractivity contribution is -0.145. The molecule has 1 unspecified atom stereocenters. The van der Waals surface area contributed by atoms with Crippen LogP contribution in [0.2, 0.25) is 0 Å². The van der Waals surface area contributed by atoms with E-state index in [0.717, 1.165) is 35.7 Å². The summed E-state index contributed by atoms with van der Waals surface area (Å²) in [6.07, 6.45) is 6.47. The lowest BCUT2D eigenvalue weighted by Gasteiger charge is -2.19. The number of aromatic amines is 1. The number of H-pyrrole nitrogens is 1. The Kier molecular flexibility index (Phi) is 4.19. The molecule has 0 bridgehead atoms. The van der Waals surface area contributed by atoms with Crippen molar-refractivity contribution in [3.8, 4) is 0 Å². The van der Waals surface area contributed by atoms with Gasteiger partial charge in [-0.15, -0.1) is 11.3 Å². The molecule has 2 aromatic rings. The number of aryl methyl sites for hydroxylation is 1. The maximum atomic E-state index is 12.0. The van der Waals surface area contributed by atoms with Crippen molar-refractivity contribution in [2.24, 2.45) is 0 Å². The Morgan fingerprint density at radius 1 is 1.62 bits per heavy atom. The zero-order chi connectivity index (χ0) is 14.7. The molecule has 0 fully saturated rings. The molecule has 2 aromatic heterocycles. The molecule has 112 valence electrons. The molecule has 0 aliphatic heterocycles. The highest BCUT2D eigenvalue weighted by molar-refractivity contribution is 7.15. The Hall–Kier alpha value is -1.89. The highest BCUT2D eigenvalue weighted by atomic mass is 32.1. The van der Waals surface area contributed by atoms with E-state index in [2.05, 4.69) is 20.5 Å². The number of thiazole rings is 1. The summed E-state index contributed by atoms with van der Waals surface area (Å²) in [6, 6.07) is 0. The number of hydrogen-bond donors (Lipinski definition) is 2. The highest BCUT2D eigenvalue weighted by Crippen LogP contribution is 2.37. The van der Waals surface area contributed by atoms with Gasteiger partial charge in [0.2, 0.25) is 0 Å². The Morgan fingerprint density at radius 2 is 2.52 bits per heavy atom. The van der Waals surface area contributed by atoms with Crippen LogP contribution in [0, 0.1) is 0 Å². The minimum atomic E-state index is -0.200. The molecule has 3 rings (SSSR count). The standard InChI is InChI=1S/C14H18N4O2S/c1-2-20-13(19)10-4-3-5-11-12(10)18-14(21-11)15-6-9-7-16-17-8-9/h7-8,10H,2-6H2,1H3,(H,15,18)(H,16,17). The van der Waals surface area contributed by atoms with Gasteiger partial charge in [0.25, 0.3) is 0 Å². The fourth-order valence-electron chi connectivity index (χ4n) is 2.52. The molecule has 0 saturated heterocycles. The third kappa shape index (κ3) is 3.07. The number of carbonyl (C=O) groups is 1. The van der Waals surface area contributed by atoms with E-state index < -0.39 is 0 Å². The Labute approximate surface area is 126 Å². The van der Waals surface area contributed by atoms with Gasteiger partial charge in [-0.25, -0.2) is 4.98 Å². The van der Waals surface area contributed by atoms with Crippen LogP contribution in [0.25, 0.3) is 0 Å². The predicted molar refractivity (Wildman–Crippen MR) is 80.3 cm³/mol. The second-order valence-corrected chi connectivity index (χ2v) is 6.07. The monoisotopic (exact) mass is 306 g/mol. The number of aromatic nitrogens is 3. The molecular weight excluding hydrogens is 288 g/mol. The zero-order valence-corrected chi connectivity index (χ0v) is 12.7. The largest absolute Gasteiger partial charge is 0.465 e. The number of ether oxygens (including phenoxy) is 1. The average Bonchev–Trinajstić information content (AvgIpc) is 3.13. The molecule has 7 heteroatoms. The number of carbonyl (C=O) groups excluding carboxylic acids is 1. The molecule has 2 heterocycles. The van der Waals surface area contributed by atoms with Crippen molar-refractivity contribution in [3.63, 3.8) is 0 Å². The van der Waals surface area contributed by atoms with Crippen LogP contribution in [0.15, 0.2) is 12.4 Å². The van der Waals surface area contributed by atoms with Crippen LogP contribution in [0.5, 0.6) is 0 Å². The number of esters is 1. The zero-order valence-electron chi connectivity index (χ0n) is 11.9. The van der Waals surface area contributed by atoms with Crippen LogP contribution in [0.1, 0.15) is 41.8 Å². The molecule has 0 amide bonds. The topological polar surface area (TPSA) is 79.9 Å². The third-order valence-electron chi connectivity index (χ3n) is 3.52. The number of anilines is 1. The van der Waals surface area contributed by atoms with E-state index in [1.165, 1.54) is 4.88 Å². The van der Waals surface area contributed by atoms with Crippen molar-refractivity contribution in [3.05, 3.63) is 28.5 Å². The van der Waals surface area contributed by atoms with Gasteiger partial charge < -0.3 is 10.1 Å². The number of hydrogen-bond acceptors (Lipinski definition) is 6. The molecule has 2 N–H and O–H groups in total. The molecule has 0 spiro atoms. The van der Waals surface area contributed by atoms with Gasteiger partial charge in [0, 0.05) is 23.2 Å². The van der Waals surface area contributed by atoms with Crippen LogP contribution in [-0.4, -0.2) is 27.8 Å². The van der Waals surface area contributed by atoms with E-state index in [-0.39, 0.29) is 11.9 Å². The quantitative estimate of drug-likeness (QED) is 0.830. The lowest BCUT2D eigenvalue weighted by Crippen LogP contribution is -2.20. The van der Waals surface area contributed by atoms with Crippen LogP contribution in [0.4, 0.5) is 5.13 Å². The summed E-state index contributed by atoms with van der Waals surface area (Å²) < 4.78 is 5.16. The predicted octanol–water partition coefficient (Wildman–Crippen LogP) is 2.46. The summed E-state index contributed by atoms with van der Waals surface area (Å²) in [4.78, 5) is 17.8. The summed E-state index contributed by atoms with van der Waals surface area (Å²) in [5.74, 6) is -0.348. The van der Waals surface area contributed by atoms with Gasteiger partial charge in [-0.2, -0.15) is 5.10 Å². The summed E-state index contributed by atoms with van der Waals surface area (Å²) in [5.41, 5.74) is 1.98. The average molecular weight is 306 g/mol. The van der Waals surface area contributed by atoms with E-state index in [1.807, 2.05) is 13.1 Å². The van der Waals surface area contributed by atoms with Gasteiger partial charge in [0.1, 0.15) is 5.92 Å². The minimum absolute atomic E-state index is 0.148. The smallest absolute Gasteiger partial charge is 0.315 e. The summed E-state index contributed by atoms with van der Waals surface area (Å²) in [6.45, 7) is 2.92. The molecule has 1 atom stereocenters. The van der Waals surface area contributed by atoms with E-state index in [1.54, 1.807) is 17.5 Å². The molecule has 0 aromatic carbocycles. The molecule has 0 radical (unpaired) electrons. The fourth-order valence-corrected chi connectivity index (χ4v) is 3.58. The first-order valence-corrected chi connectivity index (χ1v) is 7.97. The van der Waals surface area contributed by atoms with E-state index >= 15 is 0 Å². The second kappa shape index (κ2) is 6.26. The van der Waals surface area contributed by atoms with Crippen molar-refractivity contribution >= 4 is 22.4 Å².